The number of nitrogens with one attached hydrogen (secondary N) is 1. The molecule has 0 spiro atoms. The van der Waals surface area contributed by atoms with Crippen LogP contribution in [-0.2, 0) is 0 Å². The van der Waals surface area contributed by atoms with Crippen LogP contribution >= 0.6 is 0 Å². The van der Waals surface area contributed by atoms with E-state index in [0.717, 1.165) is 31.6 Å². The number of nitro benzene ring substituents is 1. The standard InChI is InChI=1S/C18H19N5O4/c1-11-4-3-7-22(10-11)15-9-14(19-12-5-2-6-13(24)8-12)18(23(25)26)17-16(15)20-27-21-17/h2,5-6,8-9,11,19,24H,3-4,7,10H2,1H3. The maximum absolute atomic E-state index is 11.7. The van der Waals surface area contributed by atoms with Crippen molar-refractivity contribution in [3.63, 3.8) is 0 Å². The second-order valence-corrected chi connectivity index (χ2v) is 6.88. The van der Waals surface area contributed by atoms with Crippen molar-refractivity contribution < 1.29 is 14.7 Å². The second-order valence-electron chi connectivity index (χ2n) is 6.88. The predicted molar refractivity (Wildman–Crippen MR) is 100 cm³/mol. The van der Waals surface area contributed by atoms with Crippen molar-refractivity contribution in [1.29, 1.82) is 0 Å². The quantitative estimate of drug-likeness (QED) is 0.526. The molecule has 1 unspecified atom stereocenters. The minimum Gasteiger partial charge on any atom is -0.508 e. The zero-order valence-corrected chi connectivity index (χ0v) is 14.8. The number of hydrogen-bond donors (Lipinski definition) is 2. The Morgan fingerprint density at radius 2 is 2.15 bits per heavy atom. The van der Waals surface area contributed by atoms with Gasteiger partial charge in [-0.25, -0.2) is 4.63 Å². The van der Waals surface area contributed by atoms with Crippen molar-refractivity contribution in [2.45, 2.75) is 19.8 Å². The smallest absolute Gasteiger partial charge is 0.324 e. The molecule has 1 atom stereocenters. The number of phenolic OH excluding ortho intramolecular Hbond substituents is 1. The van der Waals surface area contributed by atoms with E-state index in [1.165, 1.54) is 12.1 Å². The number of rotatable bonds is 4. The molecular formula is C18H19N5O4. The summed E-state index contributed by atoms with van der Waals surface area (Å²) in [6, 6.07) is 8.12. The number of anilines is 3. The van der Waals surface area contributed by atoms with Crippen LogP contribution in [0.3, 0.4) is 0 Å². The third kappa shape index (κ3) is 3.23. The van der Waals surface area contributed by atoms with E-state index in [0.29, 0.717) is 17.1 Å². The summed E-state index contributed by atoms with van der Waals surface area (Å²) in [4.78, 5) is 13.4. The molecule has 2 aromatic carbocycles. The third-order valence-electron chi connectivity index (χ3n) is 4.80. The molecule has 2 heterocycles. The first-order valence-corrected chi connectivity index (χ1v) is 8.77. The topological polar surface area (TPSA) is 118 Å². The van der Waals surface area contributed by atoms with Crippen LogP contribution in [-0.4, -0.2) is 33.4 Å². The van der Waals surface area contributed by atoms with Gasteiger partial charge < -0.3 is 15.3 Å². The van der Waals surface area contributed by atoms with Gasteiger partial charge in [0.1, 0.15) is 11.4 Å². The zero-order valence-electron chi connectivity index (χ0n) is 14.8. The lowest BCUT2D eigenvalue weighted by atomic mass is 9.99. The molecule has 0 bridgehead atoms. The van der Waals surface area contributed by atoms with Crippen molar-refractivity contribution >= 4 is 33.8 Å². The first-order valence-electron chi connectivity index (χ1n) is 8.77. The van der Waals surface area contributed by atoms with Gasteiger partial charge in [-0.3, -0.25) is 10.1 Å². The fourth-order valence-corrected chi connectivity index (χ4v) is 3.58. The molecule has 0 amide bonds. The lowest BCUT2D eigenvalue weighted by Gasteiger charge is -2.32. The highest BCUT2D eigenvalue weighted by Crippen LogP contribution is 2.40. The molecular weight excluding hydrogens is 350 g/mol. The van der Waals surface area contributed by atoms with Gasteiger partial charge in [0.25, 0.3) is 0 Å². The predicted octanol–water partition coefficient (Wildman–Crippen LogP) is 3.82. The number of benzene rings is 2. The summed E-state index contributed by atoms with van der Waals surface area (Å²) in [5.74, 6) is 0.586. The minimum absolute atomic E-state index is 0.0666. The number of fused-ring (bicyclic) bond motifs is 1. The lowest BCUT2D eigenvalue weighted by Crippen LogP contribution is -2.34. The molecule has 1 fully saturated rings. The molecule has 1 saturated heterocycles. The number of hydrogen-bond acceptors (Lipinski definition) is 8. The van der Waals surface area contributed by atoms with Crippen molar-refractivity contribution in [3.8, 4) is 5.75 Å². The van der Waals surface area contributed by atoms with E-state index in [2.05, 4.69) is 27.5 Å². The average Bonchev–Trinajstić information content (AvgIpc) is 3.10. The van der Waals surface area contributed by atoms with Gasteiger partial charge in [-0.2, -0.15) is 0 Å². The van der Waals surface area contributed by atoms with Gasteiger partial charge in [-0.15, -0.1) is 0 Å². The first kappa shape index (κ1) is 17.1. The van der Waals surface area contributed by atoms with E-state index in [9.17, 15) is 15.2 Å². The van der Waals surface area contributed by atoms with Crippen LogP contribution in [0.4, 0.5) is 22.7 Å². The van der Waals surface area contributed by atoms with E-state index >= 15 is 0 Å². The minimum atomic E-state index is -0.500. The summed E-state index contributed by atoms with van der Waals surface area (Å²) in [6.07, 6.45) is 2.19. The Bertz CT molecular complexity index is 1000. The summed E-state index contributed by atoms with van der Waals surface area (Å²) in [6.45, 7) is 3.86. The molecule has 3 aromatic rings. The molecule has 0 saturated carbocycles. The molecule has 140 valence electrons. The van der Waals surface area contributed by atoms with Gasteiger partial charge in [0.05, 0.1) is 10.6 Å². The third-order valence-corrected chi connectivity index (χ3v) is 4.80. The Hall–Kier alpha value is -3.36. The van der Waals surface area contributed by atoms with Crippen LogP contribution in [0.15, 0.2) is 35.0 Å². The normalized spacial score (nSPS) is 17.2. The largest absolute Gasteiger partial charge is 0.508 e. The second kappa shape index (κ2) is 6.75. The van der Waals surface area contributed by atoms with E-state index < -0.39 is 4.92 Å². The molecule has 27 heavy (non-hydrogen) atoms. The van der Waals surface area contributed by atoms with Crippen LogP contribution in [0.1, 0.15) is 19.8 Å². The van der Waals surface area contributed by atoms with Gasteiger partial charge in [0.15, 0.2) is 5.52 Å². The molecule has 1 aromatic heterocycles. The van der Waals surface area contributed by atoms with Crippen LogP contribution in [0, 0.1) is 16.0 Å². The van der Waals surface area contributed by atoms with Crippen LogP contribution < -0.4 is 10.2 Å². The van der Waals surface area contributed by atoms with Gasteiger partial charge in [-0.1, -0.05) is 13.0 Å². The molecule has 9 nitrogen and oxygen atoms in total. The first-order chi connectivity index (χ1) is 13.0. The summed E-state index contributed by atoms with van der Waals surface area (Å²) >= 11 is 0. The Kier molecular flexibility index (Phi) is 4.27. The maximum Gasteiger partial charge on any atom is 0.324 e. The van der Waals surface area contributed by atoms with Crippen molar-refractivity contribution in [1.82, 2.24) is 10.3 Å². The van der Waals surface area contributed by atoms with Crippen molar-refractivity contribution in [2.24, 2.45) is 5.92 Å². The fraction of sp³-hybridized carbons (Fsp3) is 0.333. The van der Waals surface area contributed by atoms with Crippen molar-refractivity contribution in [3.05, 3.63) is 40.4 Å². The van der Waals surface area contributed by atoms with E-state index in [-0.39, 0.29) is 22.6 Å². The average molecular weight is 369 g/mol. The molecule has 9 heteroatoms. The molecule has 1 aliphatic rings. The van der Waals surface area contributed by atoms with Gasteiger partial charge >= 0.3 is 5.69 Å². The van der Waals surface area contributed by atoms with E-state index in [1.54, 1.807) is 18.2 Å². The highest BCUT2D eigenvalue weighted by Gasteiger charge is 2.29. The number of nitro groups is 1. The number of piperidine rings is 1. The SMILES string of the molecule is CC1CCCN(c2cc(Nc3cccc(O)c3)c([N+](=O)[O-])c3nonc23)C1. The fourth-order valence-electron chi connectivity index (χ4n) is 3.58. The lowest BCUT2D eigenvalue weighted by molar-refractivity contribution is -0.382. The maximum atomic E-state index is 11.7. The monoisotopic (exact) mass is 369 g/mol. The molecule has 0 aliphatic carbocycles. The van der Waals surface area contributed by atoms with Gasteiger partial charge in [-0.05, 0) is 47.3 Å². The summed E-state index contributed by atoms with van der Waals surface area (Å²) in [7, 11) is 0. The summed E-state index contributed by atoms with van der Waals surface area (Å²) in [5.41, 5.74) is 1.86. The number of aromatic hydroxyl groups is 1. The summed E-state index contributed by atoms with van der Waals surface area (Å²) < 4.78 is 4.84. The Morgan fingerprint density at radius 1 is 1.33 bits per heavy atom. The Morgan fingerprint density at radius 3 is 2.89 bits per heavy atom. The van der Waals surface area contributed by atoms with E-state index in [1.807, 2.05) is 0 Å². The number of aromatic nitrogens is 2. The molecule has 0 radical (unpaired) electrons. The van der Waals surface area contributed by atoms with Crippen molar-refractivity contribution in [2.75, 3.05) is 23.3 Å². The molecule has 2 N–H and O–H groups in total. The number of phenols is 1. The molecule has 1 aliphatic heterocycles. The van der Waals surface area contributed by atoms with Gasteiger partial charge in [0, 0.05) is 24.8 Å². The highest BCUT2D eigenvalue weighted by atomic mass is 16.6. The van der Waals surface area contributed by atoms with Gasteiger partial charge in [0.2, 0.25) is 5.52 Å². The van der Waals surface area contributed by atoms with Crippen LogP contribution in [0.2, 0.25) is 0 Å². The van der Waals surface area contributed by atoms with Crippen LogP contribution in [0.5, 0.6) is 5.75 Å². The highest BCUT2D eigenvalue weighted by molar-refractivity contribution is 6.00. The number of nitrogens with zero attached hydrogens (tertiary/aromatic N) is 4. The van der Waals surface area contributed by atoms with E-state index in [4.69, 9.17) is 4.63 Å². The Labute approximate surface area is 154 Å². The van der Waals surface area contributed by atoms with Crippen LogP contribution in [0.25, 0.3) is 11.0 Å². The zero-order chi connectivity index (χ0) is 19.0. The molecule has 4 rings (SSSR count). The summed E-state index contributed by atoms with van der Waals surface area (Å²) in [5, 5.41) is 32.1. The Balaban J connectivity index is 1.85.